The van der Waals surface area contributed by atoms with Crippen molar-refractivity contribution in [2.24, 2.45) is 0 Å². The fourth-order valence-electron chi connectivity index (χ4n) is 5.11. The number of benzene rings is 1. The lowest BCUT2D eigenvalue weighted by Crippen LogP contribution is -2.52. The third-order valence-corrected chi connectivity index (χ3v) is 7.67. The van der Waals surface area contributed by atoms with Crippen LogP contribution in [-0.4, -0.2) is 71.5 Å². The highest BCUT2D eigenvalue weighted by Crippen LogP contribution is 2.33. The van der Waals surface area contributed by atoms with E-state index in [1.165, 1.54) is 6.07 Å². The maximum atomic E-state index is 13.9. The number of aliphatic hydroxyl groups excluding tert-OH is 1. The smallest absolute Gasteiger partial charge is 0.228 e. The zero-order valence-corrected chi connectivity index (χ0v) is 23.0. The van der Waals surface area contributed by atoms with Gasteiger partial charge in [-0.1, -0.05) is 23.2 Å². The first-order valence-electron chi connectivity index (χ1n) is 12.9. The quantitative estimate of drug-likeness (QED) is 0.429. The average Bonchev–Trinajstić information content (AvgIpc) is 3.34. The summed E-state index contributed by atoms with van der Waals surface area (Å²) in [7, 11) is 0. The lowest BCUT2D eigenvalue weighted by molar-refractivity contribution is 0.201. The number of rotatable bonds is 7. The van der Waals surface area contributed by atoms with Crippen molar-refractivity contribution in [1.82, 2.24) is 15.0 Å². The summed E-state index contributed by atoms with van der Waals surface area (Å²) < 4.78 is 19.3. The van der Waals surface area contributed by atoms with Crippen molar-refractivity contribution in [3.63, 3.8) is 0 Å². The molecule has 1 aromatic carbocycles. The molecule has 0 spiro atoms. The van der Waals surface area contributed by atoms with Crippen molar-refractivity contribution in [3.8, 4) is 17.0 Å². The van der Waals surface area contributed by atoms with E-state index in [0.29, 0.717) is 53.9 Å². The van der Waals surface area contributed by atoms with E-state index in [1.54, 1.807) is 24.4 Å². The first kappa shape index (κ1) is 26.7. The maximum Gasteiger partial charge on any atom is 0.228 e. The molecule has 38 heavy (non-hydrogen) atoms. The van der Waals surface area contributed by atoms with Gasteiger partial charge in [-0.2, -0.15) is 4.98 Å². The Bertz CT molecular complexity index is 1300. The molecule has 0 bridgehead atoms. The molecule has 202 valence electrons. The number of hydrogen-bond acceptors (Lipinski definition) is 8. The molecule has 1 N–H and O–H groups in total. The largest absolute Gasteiger partial charge is 0.490 e. The van der Waals surface area contributed by atoms with E-state index in [0.717, 1.165) is 30.8 Å². The van der Waals surface area contributed by atoms with Crippen LogP contribution >= 0.6 is 23.2 Å². The predicted molar refractivity (Wildman–Crippen MR) is 149 cm³/mol. The first-order chi connectivity index (χ1) is 18.3. The third kappa shape index (κ3) is 5.60. The summed E-state index contributed by atoms with van der Waals surface area (Å²) >= 11 is 12.6. The Kier molecular flexibility index (Phi) is 8.07. The molecule has 3 aromatic rings. The van der Waals surface area contributed by atoms with E-state index in [9.17, 15) is 4.39 Å². The van der Waals surface area contributed by atoms with Crippen LogP contribution in [0.2, 0.25) is 10.0 Å². The Balaban J connectivity index is 1.42. The molecule has 0 amide bonds. The van der Waals surface area contributed by atoms with Gasteiger partial charge in [-0.3, -0.25) is 0 Å². The Morgan fingerprint density at radius 2 is 1.87 bits per heavy atom. The Morgan fingerprint density at radius 3 is 2.55 bits per heavy atom. The second-order valence-corrected chi connectivity index (χ2v) is 10.6. The molecule has 2 aliphatic rings. The number of anilines is 3. The van der Waals surface area contributed by atoms with E-state index in [1.807, 2.05) is 6.07 Å². The van der Waals surface area contributed by atoms with Gasteiger partial charge in [-0.05, 0) is 44.9 Å². The van der Waals surface area contributed by atoms with Crippen LogP contribution in [0.25, 0.3) is 11.3 Å². The topological polar surface area (TPSA) is 77.9 Å². The van der Waals surface area contributed by atoms with Crippen LogP contribution in [0.15, 0.2) is 36.5 Å². The lowest BCUT2D eigenvalue weighted by atomic mass is 10.1. The van der Waals surface area contributed by atoms with Gasteiger partial charge in [-0.25, -0.2) is 14.4 Å². The van der Waals surface area contributed by atoms with Gasteiger partial charge >= 0.3 is 0 Å². The van der Waals surface area contributed by atoms with Gasteiger partial charge in [0.05, 0.1) is 28.5 Å². The average molecular weight is 561 g/mol. The van der Waals surface area contributed by atoms with Crippen LogP contribution in [0.4, 0.5) is 22.0 Å². The first-order valence-corrected chi connectivity index (χ1v) is 13.6. The van der Waals surface area contributed by atoms with Crippen molar-refractivity contribution in [3.05, 3.63) is 52.4 Å². The van der Waals surface area contributed by atoms with Crippen LogP contribution in [0.3, 0.4) is 0 Å². The van der Waals surface area contributed by atoms with Crippen LogP contribution in [0.1, 0.15) is 26.7 Å². The van der Waals surface area contributed by atoms with E-state index >= 15 is 0 Å². The molecule has 2 fully saturated rings. The number of aromatic nitrogens is 3. The fraction of sp³-hybridized carbons (Fsp3) is 0.444. The van der Waals surface area contributed by atoms with Gasteiger partial charge in [0.2, 0.25) is 5.95 Å². The van der Waals surface area contributed by atoms with E-state index in [-0.39, 0.29) is 24.3 Å². The fourth-order valence-corrected chi connectivity index (χ4v) is 5.57. The van der Waals surface area contributed by atoms with Crippen LogP contribution in [-0.2, 0) is 0 Å². The molecule has 2 saturated heterocycles. The summed E-state index contributed by atoms with van der Waals surface area (Å²) in [4.78, 5) is 21.1. The molecule has 0 aliphatic carbocycles. The minimum Gasteiger partial charge on any atom is -0.490 e. The van der Waals surface area contributed by atoms with Crippen LogP contribution in [0, 0.1) is 5.82 Å². The molecule has 5 rings (SSSR count). The van der Waals surface area contributed by atoms with Crippen molar-refractivity contribution in [2.75, 3.05) is 54.1 Å². The van der Waals surface area contributed by atoms with Gasteiger partial charge < -0.3 is 24.5 Å². The summed E-state index contributed by atoms with van der Waals surface area (Å²) in [5.41, 5.74) is 1.46. The zero-order valence-electron chi connectivity index (χ0n) is 21.4. The number of ether oxygens (including phenoxy) is 1. The summed E-state index contributed by atoms with van der Waals surface area (Å²) in [6.07, 6.45) is 3.82. The molecule has 0 radical (unpaired) electrons. The van der Waals surface area contributed by atoms with Crippen LogP contribution < -0.4 is 19.4 Å². The van der Waals surface area contributed by atoms with Gasteiger partial charge in [0, 0.05) is 56.0 Å². The molecular formula is C27H31Cl2FN6O2. The van der Waals surface area contributed by atoms with Crippen molar-refractivity contribution in [2.45, 2.75) is 38.8 Å². The Morgan fingerprint density at radius 1 is 1.03 bits per heavy atom. The zero-order chi connectivity index (χ0) is 26.8. The van der Waals surface area contributed by atoms with Gasteiger partial charge in [0.15, 0.2) is 0 Å². The van der Waals surface area contributed by atoms with E-state index in [2.05, 4.69) is 33.5 Å². The highest BCUT2D eigenvalue weighted by Gasteiger charge is 2.29. The van der Waals surface area contributed by atoms with E-state index in [4.69, 9.17) is 43.0 Å². The van der Waals surface area contributed by atoms with Crippen molar-refractivity contribution < 1.29 is 14.2 Å². The van der Waals surface area contributed by atoms with Crippen molar-refractivity contribution in [1.29, 1.82) is 0 Å². The number of aliphatic hydroxyl groups is 1. The molecule has 0 unspecified atom stereocenters. The second kappa shape index (κ2) is 11.5. The van der Waals surface area contributed by atoms with E-state index < -0.39 is 5.82 Å². The minimum atomic E-state index is -0.455. The monoisotopic (exact) mass is 560 g/mol. The van der Waals surface area contributed by atoms with Gasteiger partial charge in [-0.15, -0.1) is 0 Å². The summed E-state index contributed by atoms with van der Waals surface area (Å²) in [5.74, 6) is 2.27. The standard InChI is InChI=1S/C27H31Cl2FN6O2/c1-17-4-3-7-36(17)27-32-24(19-5-6-23(30)21(28)12-19)14-25(33-27)35-9-8-34(16-18(35)2)26-22(29)13-20(15-31-26)38-11-10-37/h5-6,12-15,17-18,37H,3-4,7-11,16H2,1-2H3/t17-,18-/m1/s1. The molecule has 4 heterocycles. The predicted octanol–water partition coefficient (Wildman–Crippen LogP) is 5.06. The molecule has 0 saturated carbocycles. The maximum absolute atomic E-state index is 13.9. The normalized spacial score (nSPS) is 19.8. The third-order valence-electron chi connectivity index (χ3n) is 7.10. The summed E-state index contributed by atoms with van der Waals surface area (Å²) in [5, 5.41) is 9.55. The molecule has 2 aromatic heterocycles. The summed E-state index contributed by atoms with van der Waals surface area (Å²) in [6.45, 7) is 7.46. The van der Waals surface area contributed by atoms with Crippen LogP contribution in [0.5, 0.6) is 5.75 Å². The van der Waals surface area contributed by atoms with Gasteiger partial charge in [0.1, 0.15) is 29.8 Å². The lowest BCUT2D eigenvalue weighted by Gasteiger charge is -2.41. The number of nitrogens with zero attached hydrogens (tertiary/aromatic N) is 6. The minimum absolute atomic E-state index is 0.0675. The summed E-state index contributed by atoms with van der Waals surface area (Å²) in [6, 6.07) is 8.83. The number of hydrogen-bond donors (Lipinski definition) is 1. The van der Waals surface area contributed by atoms with Gasteiger partial charge in [0.25, 0.3) is 0 Å². The second-order valence-electron chi connectivity index (χ2n) is 9.76. The molecule has 11 heteroatoms. The highest BCUT2D eigenvalue weighted by atomic mass is 35.5. The SMILES string of the molecule is C[C@@H]1CN(c2ncc(OCCO)cc2Cl)CCN1c1cc(-c2ccc(F)c(Cl)c2)nc(N2CCC[C@H]2C)n1. The molecule has 8 nitrogen and oxygen atoms in total. The number of pyridine rings is 1. The molecule has 2 atom stereocenters. The molecular weight excluding hydrogens is 530 g/mol. The Labute approximate surface area is 232 Å². The number of halogens is 3. The highest BCUT2D eigenvalue weighted by molar-refractivity contribution is 6.33. The molecule has 2 aliphatic heterocycles. The number of piperazine rings is 1. The Hall–Kier alpha value is -2.88. The van der Waals surface area contributed by atoms with Crippen molar-refractivity contribution >= 4 is 40.8 Å².